The minimum atomic E-state index is -4.06. The van der Waals surface area contributed by atoms with Crippen molar-refractivity contribution in [2.45, 2.75) is 11.5 Å². The molecule has 6 nitrogen and oxygen atoms in total. The van der Waals surface area contributed by atoms with E-state index in [4.69, 9.17) is 16.4 Å². The van der Waals surface area contributed by atoms with E-state index in [1.165, 1.54) is 28.6 Å². The summed E-state index contributed by atoms with van der Waals surface area (Å²) < 4.78 is 27.9. The van der Waals surface area contributed by atoms with E-state index in [0.29, 0.717) is 5.69 Å². The van der Waals surface area contributed by atoms with E-state index in [1.807, 2.05) is 30.3 Å². The van der Waals surface area contributed by atoms with Crippen molar-refractivity contribution in [3.05, 3.63) is 108 Å². The predicted octanol–water partition coefficient (Wildman–Crippen LogP) is 4.58. The first-order chi connectivity index (χ1) is 14.9. The molecule has 3 rings (SSSR count). The average Bonchev–Trinajstić information content (AvgIpc) is 2.78. The molecule has 0 fully saturated rings. The summed E-state index contributed by atoms with van der Waals surface area (Å²) in [6.45, 7) is 3.85. The van der Waals surface area contributed by atoms with Crippen molar-refractivity contribution < 1.29 is 18.0 Å². The second kappa shape index (κ2) is 10.3. The molecule has 160 valence electrons. The second-order valence-corrected chi connectivity index (χ2v) is 8.75. The Balaban J connectivity index is 1.83. The van der Waals surface area contributed by atoms with Crippen molar-refractivity contribution in [2.75, 3.05) is 10.8 Å². The Bertz CT molecular complexity index is 1150. The molecule has 3 aromatic carbocycles. The SMILES string of the molecule is C=CCN(c1ccccc1)S(=O)(=O)c1cc(C(=O)NOCc2ccccc2)ccc1Cl. The zero-order chi connectivity index (χ0) is 22.3. The molecule has 1 N–H and O–H groups in total. The maximum absolute atomic E-state index is 13.3. The summed E-state index contributed by atoms with van der Waals surface area (Å²) in [5.74, 6) is -0.584. The Morgan fingerprint density at radius 3 is 2.32 bits per heavy atom. The van der Waals surface area contributed by atoms with E-state index in [1.54, 1.807) is 30.3 Å². The molecule has 0 saturated heterocycles. The molecular formula is C23H21ClN2O4S. The Kier molecular flexibility index (Phi) is 7.46. The third kappa shape index (κ3) is 5.52. The lowest BCUT2D eigenvalue weighted by molar-refractivity contribution is 0.0233. The van der Waals surface area contributed by atoms with Crippen LogP contribution in [-0.4, -0.2) is 20.9 Å². The van der Waals surface area contributed by atoms with Gasteiger partial charge in [-0.05, 0) is 35.9 Å². The molecule has 31 heavy (non-hydrogen) atoms. The van der Waals surface area contributed by atoms with Crippen LogP contribution < -0.4 is 9.79 Å². The third-order valence-corrected chi connectivity index (χ3v) is 6.62. The average molecular weight is 457 g/mol. The molecule has 0 aromatic heterocycles. The number of benzene rings is 3. The first-order valence-electron chi connectivity index (χ1n) is 9.38. The zero-order valence-electron chi connectivity index (χ0n) is 16.6. The number of anilines is 1. The largest absolute Gasteiger partial charge is 0.274 e. The first-order valence-corrected chi connectivity index (χ1v) is 11.2. The highest BCUT2D eigenvalue weighted by molar-refractivity contribution is 7.93. The molecule has 0 saturated carbocycles. The Hall–Kier alpha value is -3.13. The molecule has 0 aliphatic heterocycles. The van der Waals surface area contributed by atoms with Crippen LogP contribution in [0.3, 0.4) is 0 Å². The number of carbonyl (C=O) groups is 1. The van der Waals surface area contributed by atoms with Crippen LogP contribution in [0.25, 0.3) is 0 Å². The van der Waals surface area contributed by atoms with E-state index in [-0.39, 0.29) is 28.6 Å². The fraction of sp³-hybridized carbons (Fsp3) is 0.0870. The number of nitrogens with one attached hydrogen (secondary N) is 1. The van der Waals surface area contributed by atoms with Crippen LogP contribution >= 0.6 is 11.6 Å². The lowest BCUT2D eigenvalue weighted by atomic mass is 10.2. The van der Waals surface area contributed by atoms with Crippen LogP contribution in [0.5, 0.6) is 0 Å². The van der Waals surface area contributed by atoms with Crippen LogP contribution in [0.1, 0.15) is 15.9 Å². The van der Waals surface area contributed by atoms with Gasteiger partial charge in [0.1, 0.15) is 4.90 Å². The Morgan fingerprint density at radius 1 is 1.03 bits per heavy atom. The molecule has 0 aliphatic carbocycles. The number of sulfonamides is 1. The fourth-order valence-corrected chi connectivity index (χ4v) is 4.77. The number of hydrogen-bond acceptors (Lipinski definition) is 4. The van der Waals surface area contributed by atoms with E-state index in [2.05, 4.69) is 12.1 Å². The van der Waals surface area contributed by atoms with Crippen molar-refractivity contribution in [2.24, 2.45) is 0 Å². The smallest absolute Gasteiger partial charge is 0.269 e. The van der Waals surface area contributed by atoms with E-state index in [9.17, 15) is 13.2 Å². The van der Waals surface area contributed by atoms with E-state index in [0.717, 1.165) is 5.56 Å². The number of rotatable bonds is 9. The summed E-state index contributed by atoms with van der Waals surface area (Å²) in [6.07, 6.45) is 1.48. The standard InChI is InChI=1S/C23H21ClN2O4S/c1-2-15-26(20-11-7-4-8-12-20)31(28,29)22-16-19(13-14-21(22)24)23(27)25-30-17-18-9-5-3-6-10-18/h2-14,16H,1,15,17H2,(H,25,27). The summed E-state index contributed by atoms with van der Waals surface area (Å²) in [4.78, 5) is 17.5. The van der Waals surface area contributed by atoms with Gasteiger partial charge in [-0.1, -0.05) is 66.2 Å². The number of carbonyl (C=O) groups excluding carboxylic acids is 1. The van der Waals surface area contributed by atoms with Gasteiger partial charge < -0.3 is 0 Å². The molecule has 0 aliphatic rings. The summed E-state index contributed by atoms with van der Waals surface area (Å²) in [6, 6.07) is 21.9. The highest BCUT2D eigenvalue weighted by Gasteiger charge is 2.27. The van der Waals surface area contributed by atoms with Crippen LogP contribution in [0.2, 0.25) is 5.02 Å². The predicted molar refractivity (Wildman–Crippen MR) is 121 cm³/mol. The maximum atomic E-state index is 13.3. The minimum absolute atomic E-state index is 0.00625. The third-order valence-electron chi connectivity index (χ3n) is 4.35. The van der Waals surface area contributed by atoms with Gasteiger partial charge in [0.25, 0.3) is 15.9 Å². The van der Waals surface area contributed by atoms with Gasteiger partial charge in [-0.3, -0.25) is 13.9 Å². The quantitative estimate of drug-likeness (QED) is 0.377. The van der Waals surface area contributed by atoms with Gasteiger partial charge in [-0.15, -0.1) is 6.58 Å². The number of hydrogen-bond donors (Lipinski definition) is 1. The molecule has 3 aromatic rings. The molecule has 0 radical (unpaired) electrons. The number of hydroxylamine groups is 1. The highest BCUT2D eigenvalue weighted by atomic mass is 35.5. The molecule has 0 heterocycles. The molecule has 8 heteroatoms. The van der Waals surface area contributed by atoms with Gasteiger partial charge >= 0.3 is 0 Å². The molecule has 0 unspecified atom stereocenters. The van der Waals surface area contributed by atoms with Gasteiger partial charge in [0, 0.05) is 5.56 Å². The van der Waals surface area contributed by atoms with Crippen molar-refractivity contribution in [3.63, 3.8) is 0 Å². The van der Waals surface area contributed by atoms with Crippen molar-refractivity contribution in [1.82, 2.24) is 5.48 Å². The van der Waals surface area contributed by atoms with Crippen molar-refractivity contribution >= 4 is 33.2 Å². The maximum Gasteiger partial charge on any atom is 0.274 e. The van der Waals surface area contributed by atoms with Gasteiger partial charge in [0.15, 0.2) is 0 Å². The minimum Gasteiger partial charge on any atom is -0.269 e. The molecular weight excluding hydrogens is 436 g/mol. The fourth-order valence-electron chi connectivity index (χ4n) is 2.83. The second-order valence-electron chi connectivity index (χ2n) is 6.51. The molecule has 0 bridgehead atoms. The van der Waals surface area contributed by atoms with Crippen LogP contribution in [0.4, 0.5) is 5.69 Å². The van der Waals surface area contributed by atoms with E-state index < -0.39 is 15.9 Å². The lowest BCUT2D eigenvalue weighted by Gasteiger charge is -2.24. The van der Waals surface area contributed by atoms with Crippen LogP contribution in [0, 0.1) is 0 Å². The molecule has 0 spiro atoms. The zero-order valence-corrected chi connectivity index (χ0v) is 18.1. The van der Waals surface area contributed by atoms with E-state index >= 15 is 0 Å². The Morgan fingerprint density at radius 2 is 1.68 bits per heavy atom. The number of para-hydroxylation sites is 1. The van der Waals surface area contributed by atoms with Crippen molar-refractivity contribution in [3.8, 4) is 0 Å². The summed E-state index contributed by atoms with van der Waals surface area (Å²) in [7, 11) is -4.06. The summed E-state index contributed by atoms with van der Waals surface area (Å²) in [5, 5.41) is 0.00625. The van der Waals surface area contributed by atoms with Gasteiger partial charge in [-0.25, -0.2) is 13.9 Å². The van der Waals surface area contributed by atoms with Gasteiger partial charge in [-0.2, -0.15) is 0 Å². The normalized spacial score (nSPS) is 11.0. The monoisotopic (exact) mass is 456 g/mol. The lowest BCUT2D eigenvalue weighted by Crippen LogP contribution is -2.32. The van der Waals surface area contributed by atoms with Gasteiger partial charge in [0.2, 0.25) is 0 Å². The molecule has 1 amide bonds. The Labute approximate surface area is 186 Å². The topological polar surface area (TPSA) is 75.7 Å². The number of amides is 1. The molecule has 0 atom stereocenters. The number of nitrogens with zero attached hydrogens (tertiary/aromatic N) is 1. The van der Waals surface area contributed by atoms with Crippen molar-refractivity contribution in [1.29, 1.82) is 0 Å². The summed E-state index contributed by atoms with van der Waals surface area (Å²) in [5.41, 5.74) is 3.76. The van der Waals surface area contributed by atoms with Crippen LogP contribution in [-0.2, 0) is 21.5 Å². The van der Waals surface area contributed by atoms with Crippen LogP contribution in [0.15, 0.2) is 96.4 Å². The first kappa shape index (κ1) is 22.6. The highest BCUT2D eigenvalue weighted by Crippen LogP contribution is 2.29. The van der Waals surface area contributed by atoms with Gasteiger partial charge in [0.05, 0.1) is 23.9 Å². The number of halogens is 1. The summed E-state index contributed by atoms with van der Waals surface area (Å²) >= 11 is 6.21.